The molecule has 1 rings (SSSR count). The number of nitrogens with zero attached hydrogens (tertiary/aromatic N) is 1. The van der Waals surface area contributed by atoms with Crippen molar-refractivity contribution in [2.24, 2.45) is 0 Å². The third-order valence-corrected chi connectivity index (χ3v) is 1.98. The van der Waals surface area contributed by atoms with E-state index in [4.69, 9.17) is 9.47 Å². The Kier molecular flexibility index (Phi) is 3.49. The van der Waals surface area contributed by atoms with Gasteiger partial charge in [-0.25, -0.2) is 0 Å². The molecule has 5 nitrogen and oxygen atoms in total. The third kappa shape index (κ3) is 2.37. The number of rotatable bonds is 4. The second-order valence-electron chi connectivity index (χ2n) is 2.98. The normalized spacial score (nSPS) is 9.80. The molecule has 0 bridgehead atoms. The number of hydrogen-bond acceptors (Lipinski definition) is 4. The monoisotopic (exact) mass is 211 g/mol. The molecule has 15 heavy (non-hydrogen) atoms. The van der Waals surface area contributed by atoms with Crippen LogP contribution in [0.4, 0.5) is 5.69 Å². The van der Waals surface area contributed by atoms with Crippen molar-refractivity contribution in [3.8, 4) is 11.5 Å². The van der Waals surface area contributed by atoms with Gasteiger partial charge < -0.3 is 9.47 Å². The average molecular weight is 211 g/mol. The number of benzene rings is 1. The zero-order valence-corrected chi connectivity index (χ0v) is 8.94. The van der Waals surface area contributed by atoms with Gasteiger partial charge in [0.1, 0.15) is 0 Å². The molecular formula is C10H13NO4. The fourth-order valence-corrected chi connectivity index (χ4v) is 1.28. The highest BCUT2D eigenvalue weighted by Crippen LogP contribution is 2.34. The molecule has 0 aliphatic carbocycles. The first-order valence-corrected chi connectivity index (χ1v) is 4.56. The van der Waals surface area contributed by atoms with Crippen LogP contribution in [-0.2, 0) is 0 Å². The van der Waals surface area contributed by atoms with Crippen molar-refractivity contribution in [1.29, 1.82) is 0 Å². The van der Waals surface area contributed by atoms with Crippen LogP contribution in [0.3, 0.4) is 0 Å². The van der Waals surface area contributed by atoms with E-state index < -0.39 is 4.92 Å². The minimum absolute atomic E-state index is 0.0373. The lowest BCUT2D eigenvalue weighted by Crippen LogP contribution is -1.98. The molecule has 1 aromatic rings. The van der Waals surface area contributed by atoms with Crippen LogP contribution in [0.15, 0.2) is 12.1 Å². The zero-order valence-electron chi connectivity index (χ0n) is 8.94. The Balaban J connectivity index is 3.22. The fourth-order valence-electron chi connectivity index (χ4n) is 1.28. The van der Waals surface area contributed by atoms with E-state index >= 15 is 0 Å². The minimum Gasteiger partial charge on any atom is -0.493 e. The number of nitro groups is 1. The number of nitro benzene ring substituents is 1. The molecule has 0 saturated carbocycles. The fraction of sp³-hybridized carbons (Fsp3) is 0.400. The molecule has 0 aliphatic heterocycles. The number of aryl methyl sites for hydroxylation is 1. The lowest BCUT2D eigenvalue weighted by atomic mass is 10.2. The van der Waals surface area contributed by atoms with E-state index in [1.807, 2.05) is 6.92 Å². The van der Waals surface area contributed by atoms with Gasteiger partial charge in [0.25, 0.3) is 5.69 Å². The summed E-state index contributed by atoms with van der Waals surface area (Å²) >= 11 is 0. The van der Waals surface area contributed by atoms with Gasteiger partial charge in [-0.3, -0.25) is 10.1 Å². The van der Waals surface area contributed by atoms with Crippen molar-refractivity contribution in [2.45, 2.75) is 13.8 Å². The maximum atomic E-state index is 10.7. The summed E-state index contributed by atoms with van der Waals surface area (Å²) in [6.45, 7) is 4.00. The van der Waals surface area contributed by atoms with Crippen molar-refractivity contribution in [3.63, 3.8) is 0 Å². The summed E-state index contributed by atoms with van der Waals surface area (Å²) in [5.74, 6) is 0.914. The molecule has 5 heteroatoms. The van der Waals surface area contributed by atoms with E-state index in [-0.39, 0.29) is 5.69 Å². The van der Waals surface area contributed by atoms with Gasteiger partial charge in [0.05, 0.1) is 24.7 Å². The van der Waals surface area contributed by atoms with Gasteiger partial charge in [-0.1, -0.05) is 0 Å². The molecule has 0 saturated heterocycles. The van der Waals surface area contributed by atoms with Crippen molar-refractivity contribution in [1.82, 2.24) is 0 Å². The standard InChI is InChI=1S/C10H13NO4/c1-4-15-10-5-7(2)8(11(12)13)6-9(10)14-3/h5-6H,4H2,1-3H3. The van der Waals surface area contributed by atoms with Gasteiger partial charge in [0, 0.05) is 5.56 Å². The number of hydrogen-bond donors (Lipinski definition) is 0. The van der Waals surface area contributed by atoms with Gasteiger partial charge in [-0.15, -0.1) is 0 Å². The summed E-state index contributed by atoms with van der Waals surface area (Å²) in [5.41, 5.74) is 0.597. The third-order valence-electron chi connectivity index (χ3n) is 1.98. The molecule has 0 fully saturated rings. The number of ether oxygens (including phenoxy) is 2. The highest BCUT2D eigenvalue weighted by atomic mass is 16.6. The molecule has 0 atom stereocenters. The van der Waals surface area contributed by atoms with Crippen LogP contribution in [0.5, 0.6) is 11.5 Å². The van der Waals surface area contributed by atoms with E-state index in [9.17, 15) is 10.1 Å². The number of methoxy groups -OCH3 is 1. The molecule has 0 unspecified atom stereocenters. The van der Waals surface area contributed by atoms with Crippen LogP contribution in [0, 0.1) is 17.0 Å². The quantitative estimate of drug-likeness (QED) is 0.566. The Morgan fingerprint density at radius 3 is 2.53 bits per heavy atom. The Bertz CT molecular complexity index is 376. The maximum Gasteiger partial charge on any atom is 0.276 e. The minimum atomic E-state index is -0.437. The van der Waals surface area contributed by atoms with E-state index in [1.54, 1.807) is 13.0 Å². The lowest BCUT2D eigenvalue weighted by Gasteiger charge is -2.09. The highest BCUT2D eigenvalue weighted by Gasteiger charge is 2.16. The molecule has 0 aromatic heterocycles. The molecule has 0 spiro atoms. The molecular weight excluding hydrogens is 198 g/mol. The summed E-state index contributed by atoms with van der Waals surface area (Å²) in [6.07, 6.45) is 0. The highest BCUT2D eigenvalue weighted by molar-refractivity contribution is 5.53. The van der Waals surface area contributed by atoms with Crippen LogP contribution in [0.2, 0.25) is 0 Å². The van der Waals surface area contributed by atoms with Gasteiger partial charge in [0.2, 0.25) is 0 Å². The lowest BCUT2D eigenvalue weighted by molar-refractivity contribution is -0.385. The van der Waals surface area contributed by atoms with Crippen molar-refractivity contribution < 1.29 is 14.4 Å². The SMILES string of the molecule is CCOc1cc(C)c([N+](=O)[O-])cc1OC. The summed E-state index contributed by atoms with van der Waals surface area (Å²) in [4.78, 5) is 10.2. The average Bonchev–Trinajstić information content (AvgIpc) is 2.18. The van der Waals surface area contributed by atoms with Crippen LogP contribution in [-0.4, -0.2) is 18.6 Å². The topological polar surface area (TPSA) is 61.6 Å². The van der Waals surface area contributed by atoms with E-state index in [0.717, 1.165) is 0 Å². The zero-order chi connectivity index (χ0) is 11.4. The first-order valence-electron chi connectivity index (χ1n) is 4.56. The van der Waals surface area contributed by atoms with Crippen molar-refractivity contribution in [2.75, 3.05) is 13.7 Å². The van der Waals surface area contributed by atoms with Crippen molar-refractivity contribution in [3.05, 3.63) is 27.8 Å². The largest absolute Gasteiger partial charge is 0.493 e. The molecule has 0 aliphatic rings. The molecule has 82 valence electrons. The Morgan fingerprint density at radius 1 is 1.40 bits per heavy atom. The smallest absolute Gasteiger partial charge is 0.276 e. The molecule has 0 amide bonds. The van der Waals surface area contributed by atoms with E-state index in [0.29, 0.717) is 23.7 Å². The molecule has 1 aromatic carbocycles. The van der Waals surface area contributed by atoms with Gasteiger partial charge in [-0.2, -0.15) is 0 Å². The van der Waals surface area contributed by atoms with Crippen LogP contribution in [0.25, 0.3) is 0 Å². The maximum absolute atomic E-state index is 10.7. The second-order valence-corrected chi connectivity index (χ2v) is 2.98. The Labute approximate surface area is 87.8 Å². The predicted octanol–water partition coefficient (Wildman–Crippen LogP) is 2.31. The van der Waals surface area contributed by atoms with Gasteiger partial charge in [0.15, 0.2) is 11.5 Å². The van der Waals surface area contributed by atoms with Crippen molar-refractivity contribution >= 4 is 5.69 Å². The van der Waals surface area contributed by atoms with Gasteiger partial charge in [-0.05, 0) is 19.9 Å². The first-order chi connectivity index (χ1) is 7.10. The van der Waals surface area contributed by atoms with Crippen LogP contribution >= 0.6 is 0 Å². The predicted molar refractivity (Wildman–Crippen MR) is 55.6 cm³/mol. The van der Waals surface area contributed by atoms with Crippen LogP contribution < -0.4 is 9.47 Å². The summed E-state index contributed by atoms with van der Waals surface area (Å²) in [7, 11) is 1.46. The van der Waals surface area contributed by atoms with E-state index in [1.165, 1.54) is 13.2 Å². The molecule has 0 radical (unpaired) electrons. The Hall–Kier alpha value is -1.78. The first kappa shape index (κ1) is 11.3. The van der Waals surface area contributed by atoms with Crippen LogP contribution in [0.1, 0.15) is 12.5 Å². The summed E-state index contributed by atoms with van der Waals surface area (Å²) < 4.78 is 10.3. The summed E-state index contributed by atoms with van der Waals surface area (Å²) in [5, 5.41) is 10.7. The Morgan fingerprint density at radius 2 is 2.07 bits per heavy atom. The van der Waals surface area contributed by atoms with E-state index in [2.05, 4.69) is 0 Å². The second kappa shape index (κ2) is 4.63. The molecule has 0 N–H and O–H groups in total. The summed E-state index contributed by atoms with van der Waals surface area (Å²) in [6, 6.07) is 2.99. The van der Waals surface area contributed by atoms with Gasteiger partial charge >= 0.3 is 0 Å². The molecule has 0 heterocycles.